The monoisotopic (exact) mass is 457 g/mol. The van der Waals surface area contributed by atoms with E-state index in [0.717, 1.165) is 27.6 Å². The van der Waals surface area contributed by atoms with E-state index < -0.39 is 11.9 Å². The van der Waals surface area contributed by atoms with E-state index in [4.69, 9.17) is 10.5 Å². The highest BCUT2D eigenvalue weighted by atomic mass is 16.5. The maximum absolute atomic E-state index is 13.3. The van der Waals surface area contributed by atoms with Gasteiger partial charge in [0.15, 0.2) is 0 Å². The maximum Gasteiger partial charge on any atom is 0.255 e. The number of ether oxygens (including phenoxy) is 1. The molecular formula is C27H27N3O4. The number of rotatable bonds is 9. The molecule has 3 aromatic carbocycles. The second-order valence-corrected chi connectivity index (χ2v) is 8.01. The lowest BCUT2D eigenvalue weighted by Gasteiger charge is -2.18. The van der Waals surface area contributed by atoms with Gasteiger partial charge in [-0.05, 0) is 60.4 Å². The lowest BCUT2D eigenvalue weighted by molar-refractivity contribution is 0.0912. The third-order valence-electron chi connectivity index (χ3n) is 5.70. The van der Waals surface area contributed by atoms with Crippen LogP contribution < -0.4 is 15.8 Å². The molecule has 1 atom stereocenters. The van der Waals surface area contributed by atoms with Crippen LogP contribution in [0.5, 0.6) is 5.75 Å². The van der Waals surface area contributed by atoms with Crippen molar-refractivity contribution in [1.29, 1.82) is 0 Å². The van der Waals surface area contributed by atoms with Crippen LogP contribution in [0.2, 0.25) is 0 Å². The molecule has 0 aliphatic heterocycles. The van der Waals surface area contributed by atoms with Crippen LogP contribution in [0.4, 0.5) is 0 Å². The van der Waals surface area contributed by atoms with Crippen LogP contribution in [0.15, 0.2) is 72.9 Å². The highest BCUT2D eigenvalue weighted by molar-refractivity contribution is 5.99. The number of hydrogen-bond donors (Lipinski definition) is 4. The molecule has 0 aliphatic rings. The number of aliphatic hydroxyl groups is 1. The van der Waals surface area contributed by atoms with Crippen LogP contribution in [-0.2, 0) is 6.42 Å². The number of benzene rings is 3. The lowest BCUT2D eigenvalue weighted by Crippen LogP contribution is -2.39. The van der Waals surface area contributed by atoms with Gasteiger partial charge in [-0.25, -0.2) is 0 Å². The highest BCUT2D eigenvalue weighted by Gasteiger charge is 2.19. The largest absolute Gasteiger partial charge is 0.493 e. The van der Waals surface area contributed by atoms with Crippen molar-refractivity contribution in [2.75, 3.05) is 13.2 Å². The van der Waals surface area contributed by atoms with Crippen LogP contribution >= 0.6 is 0 Å². The van der Waals surface area contributed by atoms with Gasteiger partial charge in [0.2, 0.25) is 5.91 Å². The van der Waals surface area contributed by atoms with Gasteiger partial charge in [-0.15, -0.1) is 0 Å². The molecule has 7 heteroatoms. The fourth-order valence-electron chi connectivity index (χ4n) is 4.01. The fraction of sp³-hybridized carbons (Fsp3) is 0.185. The molecular weight excluding hydrogens is 430 g/mol. The Morgan fingerprint density at radius 1 is 1.06 bits per heavy atom. The second kappa shape index (κ2) is 10.2. The number of para-hydroxylation sites is 1. The number of primary amides is 1. The molecule has 174 valence electrons. The number of nitrogens with one attached hydrogen (secondary N) is 2. The Labute approximate surface area is 197 Å². The minimum absolute atomic E-state index is 0.213. The molecule has 0 fully saturated rings. The van der Waals surface area contributed by atoms with E-state index in [9.17, 15) is 14.7 Å². The molecule has 4 aromatic rings. The van der Waals surface area contributed by atoms with Gasteiger partial charge >= 0.3 is 0 Å². The summed E-state index contributed by atoms with van der Waals surface area (Å²) in [5.41, 5.74) is 9.66. The molecule has 0 radical (unpaired) electrons. The number of aliphatic hydroxyl groups excluding tert-OH is 1. The first kappa shape index (κ1) is 23.1. The number of nitrogens with two attached hydrogens (primary N) is 1. The van der Waals surface area contributed by atoms with Crippen molar-refractivity contribution in [1.82, 2.24) is 10.3 Å². The molecule has 0 saturated carbocycles. The SMILES string of the molecule is CCOc1ccc(-c2cccc(C(N)=O)c2)cc1C(=O)N[C@@H](CO)Cc1c[nH]c2ccccc12. The van der Waals surface area contributed by atoms with Gasteiger partial charge < -0.3 is 25.9 Å². The summed E-state index contributed by atoms with van der Waals surface area (Å²) in [6.45, 7) is 2.03. The summed E-state index contributed by atoms with van der Waals surface area (Å²) in [5.74, 6) is -0.428. The molecule has 0 unspecified atom stereocenters. The maximum atomic E-state index is 13.3. The Kier molecular flexibility index (Phi) is 6.94. The Morgan fingerprint density at radius 3 is 2.62 bits per heavy atom. The van der Waals surface area contributed by atoms with Crippen molar-refractivity contribution in [3.63, 3.8) is 0 Å². The van der Waals surface area contributed by atoms with Crippen LogP contribution in [-0.4, -0.2) is 41.2 Å². The van der Waals surface area contributed by atoms with Crippen LogP contribution in [0.25, 0.3) is 22.0 Å². The number of aromatic nitrogens is 1. The fourth-order valence-corrected chi connectivity index (χ4v) is 4.01. The number of hydrogen-bond acceptors (Lipinski definition) is 4. The Bertz CT molecular complexity index is 1330. The van der Waals surface area contributed by atoms with E-state index in [1.807, 2.05) is 49.5 Å². The summed E-state index contributed by atoms with van der Waals surface area (Å²) in [4.78, 5) is 28.1. The summed E-state index contributed by atoms with van der Waals surface area (Å²) in [6, 6.07) is 19.6. The normalized spacial score (nSPS) is 11.8. The predicted molar refractivity (Wildman–Crippen MR) is 132 cm³/mol. The first-order valence-corrected chi connectivity index (χ1v) is 11.1. The molecule has 0 bridgehead atoms. The molecule has 5 N–H and O–H groups in total. The first-order valence-electron chi connectivity index (χ1n) is 11.1. The van der Waals surface area contributed by atoms with Crippen molar-refractivity contribution in [2.45, 2.75) is 19.4 Å². The van der Waals surface area contributed by atoms with Gasteiger partial charge in [-0.1, -0.05) is 36.4 Å². The molecule has 2 amide bonds. The highest BCUT2D eigenvalue weighted by Crippen LogP contribution is 2.28. The summed E-state index contributed by atoms with van der Waals surface area (Å²) < 4.78 is 5.69. The van der Waals surface area contributed by atoms with Crippen LogP contribution in [0, 0.1) is 0 Å². The average molecular weight is 458 g/mol. The molecule has 7 nitrogen and oxygen atoms in total. The average Bonchev–Trinajstić information content (AvgIpc) is 3.26. The number of aromatic amines is 1. The number of amides is 2. The summed E-state index contributed by atoms with van der Waals surface area (Å²) in [7, 11) is 0. The number of carbonyl (C=O) groups is 2. The smallest absolute Gasteiger partial charge is 0.255 e. The summed E-state index contributed by atoms with van der Waals surface area (Å²) in [5, 5.41) is 14.0. The summed E-state index contributed by atoms with van der Waals surface area (Å²) in [6.07, 6.45) is 2.37. The van der Waals surface area contributed by atoms with Gasteiger partial charge in [0.1, 0.15) is 5.75 Å². The minimum atomic E-state index is -0.520. The molecule has 0 spiro atoms. The summed E-state index contributed by atoms with van der Waals surface area (Å²) >= 11 is 0. The number of carbonyl (C=O) groups excluding carboxylic acids is 2. The first-order chi connectivity index (χ1) is 16.5. The number of H-pyrrole nitrogens is 1. The second-order valence-electron chi connectivity index (χ2n) is 8.01. The van der Waals surface area contributed by atoms with Crippen LogP contribution in [0.3, 0.4) is 0 Å². The van der Waals surface area contributed by atoms with E-state index in [-0.39, 0.29) is 12.5 Å². The van der Waals surface area contributed by atoms with Gasteiger partial charge in [-0.3, -0.25) is 9.59 Å². The van der Waals surface area contributed by atoms with E-state index in [1.54, 1.807) is 30.3 Å². The zero-order chi connectivity index (χ0) is 24.1. The van der Waals surface area contributed by atoms with Crippen molar-refractivity contribution in [3.05, 3.63) is 89.6 Å². The van der Waals surface area contributed by atoms with Crippen LogP contribution in [0.1, 0.15) is 33.2 Å². The quantitative estimate of drug-likeness (QED) is 0.307. The predicted octanol–water partition coefficient (Wildman–Crippen LogP) is 3.67. The van der Waals surface area contributed by atoms with Crippen molar-refractivity contribution < 1.29 is 19.4 Å². The molecule has 1 heterocycles. The lowest BCUT2D eigenvalue weighted by atomic mass is 9.99. The van der Waals surface area contributed by atoms with E-state index in [0.29, 0.717) is 29.9 Å². The molecule has 4 rings (SSSR count). The van der Waals surface area contributed by atoms with Gasteiger partial charge in [0, 0.05) is 22.7 Å². The third-order valence-corrected chi connectivity index (χ3v) is 5.70. The Morgan fingerprint density at radius 2 is 1.85 bits per heavy atom. The van der Waals surface area contributed by atoms with Crippen molar-refractivity contribution in [3.8, 4) is 16.9 Å². The molecule has 0 saturated heterocycles. The van der Waals surface area contributed by atoms with Crippen molar-refractivity contribution in [2.24, 2.45) is 5.73 Å². The minimum Gasteiger partial charge on any atom is -0.493 e. The van der Waals surface area contributed by atoms with Gasteiger partial charge in [-0.2, -0.15) is 0 Å². The van der Waals surface area contributed by atoms with E-state index >= 15 is 0 Å². The van der Waals surface area contributed by atoms with Gasteiger partial charge in [0.05, 0.1) is 24.8 Å². The van der Waals surface area contributed by atoms with Crippen molar-refractivity contribution >= 4 is 22.7 Å². The topological polar surface area (TPSA) is 117 Å². The van der Waals surface area contributed by atoms with E-state index in [2.05, 4.69) is 10.3 Å². The molecule has 1 aromatic heterocycles. The zero-order valence-electron chi connectivity index (χ0n) is 18.9. The van der Waals surface area contributed by atoms with Gasteiger partial charge in [0.25, 0.3) is 5.91 Å². The zero-order valence-corrected chi connectivity index (χ0v) is 18.9. The number of fused-ring (bicyclic) bond motifs is 1. The standard InChI is InChI=1S/C27H27N3O4/c1-2-34-25-11-10-18(17-6-5-7-19(12-17)26(28)32)14-23(25)27(33)30-21(16-31)13-20-15-29-24-9-4-3-8-22(20)24/h3-12,14-15,21,29,31H,2,13,16H2,1H3,(H2,28,32)(H,30,33)/t21-/m1/s1. The van der Waals surface area contributed by atoms with E-state index in [1.165, 1.54) is 0 Å². The Balaban J connectivity index is 1.60. The molecule has 34 heavy (non-hydrogen) atoms. The third kappa shape index (κ3) is 4.94. The Hall–Kier alpha value is -4.10. The molecule has 0 aliphatic carbocycles.